The van der Waals surface area contributed by atoms with E-state index in [9.17, 15) is 9.59 Å². The van der Waals surface area contributed by atoms with Crippen molar-refractivity contribution < 1.29 is 9.59 Å². The average Bonchev–Trinajstić information content (AvgIpc) is 3.17. The van der Waals surface area contributed by atoms with Gasteiger partial charge in [-0.3, -0.25) is 14.6 Å². The third-order valence-corrected chi connectivity index (χ3v) is 8.49. The lowest BCUT2D eigenvalue weighted by molar-refractivity contribution is 0.0983. The van der Waals surface area contributed by atoms with E-state index in [0.29, 0.717) is 17.7 Å². The first kappa shape index (κ1) is 26.5. The second-order valence-electron chi connectivity index (χ2n) is 6.90. The van der Waals surface area contributed by atoms with Crippen molar-refractivity contribution in [2.45, 2.75) is 0 Å². The molecule has 0 spiro atoms. The normalized spacial score (nSPS) is 14.1. The summed E-state index contributed by atoms with van der Waals surface area (Å²) in [6.07, 6.45) is 1.86. The number of benzene rings is 3. The smallest absolute Gasteiger partial charge is 0.259 e. The molecule has 35 heavy (non-hydrogen) atoms. The van der Waals surface area contributed by atoms with E-state index >= 15 is 0 Å². The number of carbonyl (C=O) groups is 2. The summed E-state index contributed by atoms with van der Waals surface area (Å²) in [4.78, 5) is 32.6. The Morgan fingerprint density at radius 2 is 1.11 bits per heavy atom. The Labute approximate surface area is 238 Å². The number of hydrogen-bond donors (Lipinski definition) is 1. The molecule has 1 amide bonds. The number of amidine groups is 1. The summed E-state index contributed by atoms with van der Waals surface area (Å²) in [5.74, 6) is -0.340. The second kappa shape index (κ2) is 10.4. The lowest BCUT2D eigenvalue weighted by Crippen LogP contribution is -2.21. The van der Waals surface area contributed by atoms with Crippen LogP contribution >= 0.6 is 92.8 Å². The summed E-state index contributed by atoms with van der Waals surface area (Å²) in [5.41, 5.74) is 1.59. The van der Waals surface area contributed by atoms with Gasteiger partial charge in [-0.25, -0.2) is 4.99 Å². The van der Waals surface area contributed by atoms with Crippen LogP contribution in [0.4, 0.5) is 11.4 Å². The van der Waals surface area contributed by atoms with Crippen LogP contribution in [0.25, 0.3) is 0 Å². The van der Waals surface area contributed by atoms with Crippen LogP contribution in [0.2, 0.25) is 40.2 Å². The molecule has 1 aliphatic rings. The van der Waals surface area contributed by atoms with Crippen LogP contribution in [0.3, 0.4) is 0 Å². The maximum Gasteiger partial charge on any atom is 0.259 e. The molecule has 0 atom stereocenters. The molecule has 1 aliphatic heterocycles. The van der Waals surface area contributed by atoms with Gasteiger partial charge in [-0.05, 0) is 24.3 Å². The molecule has 0 bridgehead atoms. The molecule has 0 fully saturated rings. The van der Waals surface area contributed by atoms with Crippen molar-refractivity contribution in [3.05, 3.63) is 86.7 Å². The van der Waals surface area contributed by atoms with E-state index in [2.05, 4.69) is 15.3 Å². The summed E-state index contributed by atoms with van der Waals surface area (Å²) < 4.78 is 0. The van der Waals surface area contributed by atoms with Crippen LogP contribution < -0.4 is 5.32 Å². The third-order valence-electron chi connectivity index (χ3n) is 4.86. The van der Waals surface area contributed by atoms with Gasteiger partial charge in [-0.15, -0.1) is 0 Å². The number of carbonyl (C=O) groups excluding carboxylic acids is 2. The second-order valence-corrected chi connectivity index (χ2v) is 9.92. The zero-order valence-electron chi connectivity index (χ0n) is 16.7. The van der Waals surface area contributed by atoms with Gasteiger partial charge in [0.1, 0.15) is 5.84 Å². The maximum absolute atomic E-state index is 12.4. The maximum atomic E-state index is 12.4. The van der Waals surface area contributed by atoms with Crippen molar-refractivity contribution in [3.63, 3.8) is 0 Å². The van der Waals surface area contributed by atoms with Crippen LogP contribution in [-0.2, 0) is 0 Å². The molecular weight excluding hydrogens is 622 g/mol. The molecule has 178 valence electrons. The standard InChI is InChI=1S/C22H7Cl8N3O2/c23-13-9(10(6-34)14(24)18(28)17(13)27)5-31-7-1-3-8(4-2-7)32-21-11-12(22(35)33-21)16(26)20(30)19(29)15(11)25/h1-6H,(H,32,33,35)/b31-5+. The number of nitrogens with zero attached hydrogens (tertiary/aromatic N) is 2. The van der Waals surface area contributed by atoms with Crippen LogP contribution in [-0.4, -0.2) is 24.2 Å². The van der Waals surface area contributed by atoms with Crippen LogP contribution in [0.5, 0.6) is 0 Å². The Hall–Kier alpha value is -1.54. The quantitative estimate of drug-likeness (QED) is 0.135. The molecule has 0 aliphatic carbocycles. The van der Waals surface area contributed by atoms with E-state index in [4.69, 9.17) is 92.8 Å². The van der Waals surface area contributed by atoms with E-state index in [1.807, 2.05) is 0 Å². The number of rotatable bonds is 4. The zero-order chi connectivity index (χ0) is 25.6. The molecule has 0 radical (unpaired) electrons. The lowest BCUT2D eigenvalue weighted by Gasteiger charge is -2.09. The van der Waals surface area contributed by atoms with Gasteiger partial charge < -0.3 is 5.32 Å². The summed E-state index contributed by atoms with van der Waals surface area (Å²) >= 11 is 49.1. The van der Waals surface area contributed by atoms with Crippen molar-refractivity contribution in [2.24, 2.45) is 9.98 Å². The summed E-state index contributed by atoms with van der Waals surface area (Å²) in [6.45, 7) is 0. The first-order valence-electron chi connectivity index (χ1n) is 9.28. The highest BCUT2D eigenvalue weighted by molar-refractivity contribution is 6.55. The topological polar surface area (TPSA) is 70.9 Å². The average molecular weight is 629 g/mol. The summed E-state index contributed by atoms with van der Waals surface area (Å²) in [7, 11) is 0. The van der Waals surface area contributed by atoms with Crippen LogP contribution in [0.15, 0.2) is 34.3 Å². The van der Waals surface area contributed by atoms with Gasteiger partial charge in [0.05, 0.1) is 62.7 Å². The highest BCUT2D eigenvalue weighted by Crippen LogP contribution is 2.44. The molecule has 13 heteroatoms. The molecule has 0 saturated heterocycles. The fourth-order valence-corrected chi connectivity index (χ4v) is 5.18. The summed E-state index contributed by atoms with van der Waals surface area (Å²) in [6, 6.07) is 6.57. The molecule has 1 N–H and O–H groups in total. The van der Waals surface area contributed by atoms with Gasteiger partial charge >= 0.3 is 0 Å². The van der Waals surface area contributed by atoms with Gasteiger partial charge in [-0.1, -0.05) is 92.8 Å². The monoisotopic (exact) mass is 625 g/mol. The largest absolute Gasteiger partial charge is 0.306 e. The van der Waals surface area contributed by atoms with E-state index in [1.165, 1.54) is 6.21 Å². The fourth-order valence-electron chi connectivity index (χ4n) is 3.17. The number of fused-ring (bicyclic) bond motifs is 1. The number of amides is 1. The Kier molecular flexibility index (Phi) is 7.91. The van der Waals surface area contributed by atoms with E-state index in [0.717, 1.165) is 0 Å². The predicted molar refractivity (Wildman–Crippen MR) is 146 cm³/mol. The first-order chi connectivity index (χ1) is 16.6. The number of aliphatic imine (C=N–C) groups is 2. The van der Waals surface area contributed by atoms with Crippen LogP contribution in [0, 0.1) is 0 Å². The molecule has 3 aromatic rings. The molecule has 4 rings (SSSR count). The Bertz CT molecular complexity index is 1480. The minimum absolute atomic E-state index is 0.00982. The molecule has 0 saturated carbocycles. The number of aldehydes is 1. The van der Waals surface area contributed by atoms with Crippen molar-refractivity contribution in [1.82, 2.24) is 5.32 Å². The van der Waals surface area contributed by atoms with Crippen molar-refractivity contribution >= 4 is 128 Å². The Morgan fingerprint density at radius 3 is 1.69 bits per heavy atom. The molecular formula is C22H7Cl8N3O2. The van der Waals surface area contributed by atoms with Crippen LogP contribution in [0.1, 0.15) is 31.8 Å². The zero-order valence-corrected chi connectivity index (χ0v) is 22.7. The van der Waals surface area contributed by atoms with Crippen molar-refractivity contribution in [3.8, 4) is 0 Å². The third kappa shape index (κ3) is 4.77. The summed E-state index contributed by atoms with van der Waals surface area (Å²) in [5, 5.41) is 2.65. The van der Waals surface area contributed by atoms with Crippen molar-refractivity contribution in [1.29, 1.82) is 0 Å². The van der Waals surface area contributed by atoms with E-state index in [-0.39, 0.29) is 68.3 Å². The van der Waals surface area contributed by atoms with Gasteiger partial charge in [0.2, 0.25) is 0 Å². The van der Waals surface area contributed by atoms with Crippen molar-refractivity contribution in [2.75, 3.05) is 0 Å². The minimum atomic E-state index is -0.506. The number of nitrogens with one attached hydrogen (secondary N) is 1. The highest BCUT2D eigenvalue weighted by atomic mass is 35.5. The number of halogens is 8. The first-order valence-corrected chi connectivity index (χ1v) is 12.3. The van der Waals surface area contributed by atoms with Gasteiger partial charge in [0.25, 0.3) is 5.91 Å². The molecule has 1 heterocycles. The predicted octanol–water partition coefficient (Wildman–Crippen LogP) is 9.30. The lowest BCUT2D eigenvalue weighted by atomic mass is 10.1. The van der Waals surface area contributed by atoms with E-state index in [1.54, 1.807) is 24.3 Å². The van der Waals surface area contributed by atoms with E-state index < -0.39 is 5.91 Å². The minimum Gasteiger partial charge on any atom is -0.306 e. The Morgan fingerprint density at radius 1 is 0.629 bits per heavy atom. The molecule has 0 unspecified atom stereocenters. The fraction of sp³-hybridized carbons (Fsp3) is 0. The molecule has 0 aromatic heterocycles. The highest BCUT2D eigenvalue weighted by Gasteiger charge is 2.34. The number of hydrogen-bond acceptors (Lipinski definition) is 4. The SMILES string of the molecule is O=Cc1c(Cl)c(Cl)c(Cl)c(Cl)c1/C=N/c1ccc(/N=C2\NC(=O)c3c(Cl)c(Cl)c(Cl)c(Cl)c32)cc1. The van der Waals surface area contributed by atoms with Gasteiger partial charge in [0, 0.05) is 17.3 Å². The molecule has 3 aromatic carbocycles. The van der Waals surface area contributed by atoms with Gasteiger partial charge in [0.15, 0.2) is 6.29 Å². The van der Waals surface area contributed by atoms with Gasteiger partial charge in [-0.2, -0.15) is 0 Å². The Balaban J connectivity index is 1.68. The molecule has 5 nitrogen and oxygen atoms in total.